The van der Waals surface area contributed by atoms with Crippen molar-refractivity contribution in [3.05, 3.63) is 65.5 Å². The lowest BCUT2D eigenvalue weighted by Crippen LogP contribution is -2.38. The fraction of sp³-hybridized carbons (Fsp3) is 0.368. The zero-order valence-electron chi connectivity index (χ0n) is 14.5. The van der Waals surface area contributed by atoms with Gasteiger partial charge in [-0.3, -0.25) is 9.98 Å². The number of pyridine rings is 1. The number of rotatable bonds is 7. The Hall–Kier alpha value is -1.63. The van der Waals surface area contributed by atoms with Crippen molar-refractivity contribution in [1.82, 2.24) is 15.6 Å². The first kappa shape index (κ1) is 20.4. The topological polar surface area (TPSA) is 49.3 Å². The van der Waals surface area contributed by atoms with E-state index in [1.54, 1.807) is 0 Å². The van der Waals surface area contributed by atoms with E-state index in [1.165, 1.54) is 16.7 Å². The Morgan fingerprint density at radius 2 is 1.88 bits per heavy atom. The molecule has 2 rings (SSSR count). The summed E-state index contributed by atoms with van der Waals surface area (Å²) in [4.78, 5) is 8.78. The van der Waals surface area contributed by atoms with E-state index in [0.29, 0.717) is 0 Å². The molecule has 1 aromatic carbocycles. The van der Waals surface area contributed by atoms with Gasteiger partial charge in [-0.05, 0) is 49.4 Å². The molecule has 0 saturated carbocycles. The van der Waals surface area contributed by atoms with Crippen LogP contribution in [0.25, 0.3) is 0 Å². The van der Waals surface area contributed by atoms with Gasteiger partial charge in [-0.1, -0.05) is 30.3 Å². The number of aryl methyl sites for hydroxylation is 1. The fourth-order valence-electron chi connectivity index (χ4n) is 2.38. The van der Waals surface area contributed by atoms with E-state index in [1.807, 2.05) is 18.5 Å². The summed E-state index contributed by atoms with van der Waals surface area (Å²) < 4.78 is 0. The van der Waals surface area contributed by atoms with E-state index in [4.69, 9.17) is 0 Å². The number of halogens is 1. The second-order valence-corrected chi connectivity index (χ2v) is 5.48. The van der Waals surface area contributed by atoms with Crippen LogP contribution in [0.4, 0.5) is 0 Å². The molecular formula is C19H27IN4. The average molecular weight is 438 g/mol. The summed E-state index contributed by atoms with van der Waals surface area (Å²) in [7, 11) is 0. The van der Waals surface area contributed by atoms with E-state index in [2.05, 4.69) is 64.8 Å². The van der Waals surface area contributed by atoms with Gasteiger partial charge in [0.2, 0.25) is 0 Å². The van der Waals surface area contributed by atoms with E-state index < -0.39 is 0 Å². The van der Waals surface area contributed by atoms with Crippen molar-refractivity contribution in [3.63, 3.8) is 0 Å². The minimum atomic E-state index is 0. The van der Waals surface area contributed by atoms with Crippen LogP contribution in [0.1, 0.15) is 23.6 Å². The molecule has 0 radical (unpaired) electrons. The third-order valence-electron chi connectivity index (χ3n) is 3.68. The molecule has 1 aromatic heterocycles. The molecule has 0 bridgehead atoms. The molecular weight excluding hydrogens is 411 g/mol. The summed E-state index contributed by atoms with van der Waals surface area (Å²) in [6, 6.07) is 12.6. The van der Waals surface area contributed by atoms with E-state index in [0.717, 1.165) is 38.4 Å². The second-order valence-electron chi connectivity index (χ2n) is 5.48. The zero-order valence-corrected chi connectivity index (χ0v) is 16.8. The minimum Gasteiger partial charge on any atom is -0.357 e. The average Bonchev–Trinajstić information content (AvgIpc) is 2.57. The molecule has 0 aliphatic heterocycles. The van der Waals surface area contributed by atoms with E-state index in [9.17, 15) is 0 Å². The highest BCUT2D eigenvalue weighted by Gasteiger charge is 2.00. The molecule has 0 fully saturated rings. The maximum Gasteiger partial charge on any atom is 0.191 e. The number of benzene rings is 1. The third-order valence-corrected chi connectivity index (χ3v) is 3.68. The van der Waals surface area contributed by atoms with Crippen LogP contribution in [0.15, 0.2) is 53.8 Å². The molecule has 0 unspecified atom stereocenters. The van der Waals surface area contributed by atoms with Crippen LogP contribution in [0.3, 0.4) is 0 Å². The molecule has 130 valence electrons. The van der Waals surface area contributed by atoms with E-state index >= 15 is 0 Å². The molecule has 24 heavy (non-hydrogen) atoms. The lowest BCUT2D eigenvalue weighted by atomic mass is 10.1. The molecule has 2 aromatic rings. The Morgan fingerprint density at radius 1 is 1.08 bits per heavy atom. The summed E-state index contributed by atoms with van der Waals surface area (Å²) in [5.41, 5.74) is 3.87. The SMILES string of the molecule is CCNC(=NCCc1ccncc1C)NCCc1ccccc1.I. The lowest BCUT2D eigenvalue weighted by Gasteiger charge is -2.11. The van der Waals surface area contributed by atoms with Crippen LogP contribution in [-0.2, 0) is 12.8 Å². The summed E-state index contributed by atoms with van der Waals surface area (Å²) in [6.45, 7) is 6.69. The van der Waals surface area contributed by atoms with Crippen molar-refractivity contribution in [3.8, 4) is 0 Å². The standard InChI is InChI=1S/C19H26N4.HI/c1-3-21-19(22-13-9-17-7-5-4-6-8-17)23-14-11-18-10-12-20-15-16(18)2;/h4-8,10,12,15H,3,9,11,13-14H2,1-2H3,(H2,21,22,23);1H. The number of hydrogen-bond acceptors (Lipinski definition) is 2. The van der Waals surface area contributed by atoms with Crippen molar-refractivity contribution < 1.29 is 0 Å². The Bertz CT molecular complexity index is 614. The number of guanidine groups is 1. The molecule has 4 nitrogen and oxygen atoms in total. The molecule has 1 heterocycles. The molecule has 0 aliphatic carbocycles. The molecule has 0 atom stereocenters. The Labute approximate surface area is 162 Å². The van der Waals surface area contributed by atoms with Crippen LogP contribution < -0.4 is 10.6 Å². The van der Waals surface area contributed by atoms with Gasteiger partial charge in [-0.25, -0.2) is 0 Å². The Morgan fingerprint density at radius 3 is 2.58 bits per heavy atom. The summed E-state index contributed by atoms with van der Waals surface area (Å²) in [5.74, 6) is 0.884. The fourth-order valence-corrected chi connectivity index (χ4v) is 2.38. The van der Waals surface area contributed by atoms with Crippen molar-refractivity contribution in [2.24, 2.45) is 4.99 Å². The second kappa shape index (κ2) is 11.8. The van der Waals surface area contributed by atoms with Crippen molar-refractivity contribution in [2.45, 2.75) is 26.7 Å². The highest BCUT2D eigenvalue weighted by molar-refractivity contribution is 14.0. The van der Waals surface area contributed by atoms with Crippen LogP contribution in [0, 0.1) is 6.92 Å². The largest absolute Gasteiger partial charge is 0.357 e. The molecule has 2 N–H and O–H groups in total. The minimum absolute atomic E-state index is 0. The van der Waals surface area contributed by atoms with Gasteiger partial charge in [0.25, 0.3) is 0 Å². The zero-order chi connectivity index (χ0) is 16.3. The van der Waals surface area contributed by atoms with Gasteiger partial charge < -0.3 is 10.6 Å². The van der Waals surface area contributed by atoms with Crippen LogP contribution in [0.5, 0.6) is 0 Å². The first-order chi connectivity index (χ1) is 11.3. The first-order valence-electron chi connectivity index (χ1n) is 8.25. The predicted molar refractivity (Wildman–Crippen MR) is 112 cm³/mol. The number of aromatic nitrogens is 1. The van der Waals surface area contributed by atoms with Gasteiger partial charge in [-0.2, -0.15) is 0 Å². The summed E-state index contributed by atoms with van der Waals surface area (Å²) in [6.07, 6.45) is 5.68. The third kappa shape index (κ3) is 7.29. The molecule has 0 saturated heterocycles. The first-order valence-corrected chi connectivity index (χ1v) is 8.25. The highest BCUT2D eigenvalue weighted by atomic mass is 127. The quantitative estimate of drug-likeness (QED) is 0.396. The molecule has 0 aliphatic rings. The smallest absolute Gasteiger partial charge is 0.191 e. The highest BCUT2D eigenvalue weighted by Crippen LogP contribution is 2.05. The van der Waals surface area contributed by atoms with Crippen LogP contribution in [0.2, 0.25) is 0 Å². The number of nitrogens with zero attached hydrogens (tertiary/aromatic N) is 2. The van der Waals surface area contributed by atoms with Crippen LogP contribution >= 0.6 is 24.0 Å². The Kier molecular flexibility index (Phi) is 10.1. The number of nitrogens with one attached hydrogen (secondary N) is 2. The van der Waals surface area contributed by atoms with Crippen molar-refractivity contribution in [2.75, 3.05) is 19.6 Å². The molecule has 0 spiro atoms. The molecule has 0 amide bonds. The lowest BCUT2D eigenvalue weighted by molar-refractivity contribution is 0.796. The normalized spacial score (nSPS) is 10.8. The predicted octanol–water partition coefficient (Wildman–Crippen LogP) is 3.35. The number of hydrogen-bond donors (Lipinski definition) is 2. The maximum absolute atomic E-state index is 4.66. The monoisotopic (exact) mass is 438 g/mol. The number of aliphatic imine (C=N–C) groups is 1. The van der Waals surface area contributed by atoms with Gasteiger partial charge in [0.1, 0.15) is 0 Å². The maximum atomic E-state index is 4.66. The van der Waals surface area contributed by atoms with Gasteiger partial charge in [-0.15, -0.1) is 24.0 Å². The Balaban J connectivity index is 0.00000288. The molecule has 5 heteroatoms. The van der Waals surface area contributed by atoms with E-state index in [-0.39, 0.29) is 24.0 Å². The summed E-state index contributed by atoms with van der Waals surface area (Å²) >= 11 is 0. The van der Waals surface area contributed by atoms with Gasteiger partial charge >= 0.3 is 0 Å². The van der Waals surface area contributed by atoms with Crippen LogP contribution in [-0.4, -0.2) is 30.6 Å². The van der Waals surface area contributed by atoms with Gasteiger partial charge in [0, 0.05) is 32.0 Å². The van der Waals surface area contributed by atoms with Gasteiger partial charge in [0.05, 0.1) is 0 Å². The van der Waals surface area contributed by atoms with Gasteiger partial charge in [0.15, 0.2) is 5.96 Å². The van der Waals surface area contributed by atoms with Crippen molar-refractivity contribution >= 4 is 29.9 Å². The summed E-state index contributed by atoms with van der Waals surface area (Å²) in [5, 5.41) is 6.69. The van der Waals surface area contributed by atoms with Crippen molar-refractivity contribution in [1.29, 1.82) is 0 Å².